The van der Waals surface area contributed by atoms with E-state index in [4.69, 9.17) is 4.74 Å². The van der Waals surface area contributed by atoms with Crippen LogP contribution in [-0.2, 0) is 13.0 Å². The van der Waals surface area contributed by atoms with Crippen molar-refractivity contribution in [3.05, 3.63) is 65.2 Å². The first-order chi connectivity index (χ1) is 15.2. The highest BCUT2D eigenvalue weighted by atomic mass is 127. The molecule has 5 rings (SSSR count). The second-order valence-corrected chi connectivity index (χ2v) is 10.7. The molecule has 2 heterocycles. The van der Waals surface area contributed by atoms with Gasteiger partial charge in [-0.3, -0.25) is 4.90 Å². The Bertz CT molecular complexity index is 845. The van der Waals surface area contributed by atoms with Gasteiger partial charge in [-0.15, -0.1) is 0 Å². The van der Waals surface area contributed by atoms with E-state index < -0.39 is 0 Å². The van der Waals surface area contributed by atoms with Gasteiger partial charge in [-0.25, -0.2) is 3.11 Å². The summed E-state index contributed by atoms with van der Waals surface area (Å²) in [7, 11) is 0. The van der Waals surface area contributed by atoms with Gasteiger partial charge in [0, 0.05) is 54.6 Å². The van der Waals surface area contributed by atoms with Gasteiger partial charge < -0.3 is 10.1 Å². The van der Waals surface area contributed by atoms with Crippen LogP contribution in [0.15, 0.2) is 48.5 Å². The van der Waals surface area contributed by atoms with Gasteiger partial charge in [-0.1, -0.05) is 36.4 Å². The topological polar surface area (TPSA) is 27.7 Å². The molecule has 0 aromatic heterocycles. The normalized spacial score (nSPS) is 23.7. The van der Waals surface area contributed by atoms with Gasteiger partial charge in [-0.2, -0.15) is 0 Å². The fraction of sp³-hybridized carbons (Fsp3) is 0.538. The lowest BCUT2D eigenvalue weighted by molar-refractivity contribution is 0.144. The van der Waals surface area contributed by atoms with E-state index in [1.54, 1.807) is 0 Å². The number of nitrogens with one attached hydrogen (secondary N) is 1. The Kier molecular flexibility index (Phi) is 7.13. The zero-order valence-electron chi connectivity index (χ0n) is 18.3. The molecule has 0 spiro atoms. The molecule has 2 saturated heterocycles. The maximum Gasteiger partial charge on any atom is 0.120 e. The third kappa shape index (κ3) is 5.62. The number of rotatable bonds is 6. The lowest BCUT2D eigenvalue weighted by Crippen LogP contribution is -2.43. The molecule has 31 heavy (non-hydrogen) atoms. The fourth-order valence-electron chi connectivity index (χ4n) is 5.36. The van der Waals surface area contributed by atoms with E-state index in [0.29, 0.717) is 18.2 Å². The average Bonchev–Trinajstić information content (AvgIpc) is 3.19. The molecule has 1 N–H and O–H groups in total. The number of hydrogen-bond donors (Lipinski definition) is 1. The number of nitrogens with zero attached hydrogens (tertiary/aromatic N) is 2. The minimum absolute atomic E-state index is 0.375. The molecular weight excluding hydrogens is 497 g/mol. The molecule has 0 saturated carbocycles. The Labute approximate surface area is 200 Å². The molecule has 4 nitrogen and oxygen atoms in total. The maximum absolute atomic E-state index is 6.32. The average molecular weight is 531 g/mol. The predicted molar refractivity (Wildman–Crippen MR) is 135 cm³/mol. The van der Waals surface area contributed by atoms with Gasteiger partial charge >= 0.3 is 0 Å². The van der Waals surface area contributed by atoms with Crippen molar-refractivity contribution in [1.82, 2.24) is 13.3 Å². The van der Waals surface area contributed by atoms with Gasteiger partial charge in [0.1, 0.15) is 11.9 Å². The van der Waals surface area contributed by atoms with Crippen LogP contribution >= 0.6 is 22.9 Å². The quantitative estimate of drug-likeness (QED) is 0.414. The van der Waals surface area contributed by atoms with Crippen LogP contribution in [0, 0.1) is 0 Å². The van der Waals surface area contributed by atoms with Crippen molar-refractivity contribution in [2.75, 3.05) is 26.2 Å². The van der Waals surface area contributed by atoms with Gasteiger partial charge in [-0.05, 0) is 80.4 Å². The first-order valence-electron chi connectivity index (χ1n) is 12.0. The summed E-state index contributed by atoms with van der Waals surface area (Å²) < 4.78 is 8.68. The second kappa shape index (κ2) is 10.2. The maximum atomic E-state index is 6.32. The van der Waals surface area contributed by atoms with E-state index in [9.17, 15) is 0 Å². The molecule has 0 radical (unpaired) electrons. The molecule has 0 bridgehead atoms. The van der Waals surface area contributed by atoms with Crippen molar-refractivity contribution < 1.29 is 4.74 Å². The van der Waals surface area contributed by atoms with Crippen LogP contribution in [-0.4, -0.2) is 46.3 Å². The Balaban J connectivity index is 1.11. The van der Waals surface area contributed by atoms with E-state index in [2.05, 4.69) is 84.7 Å². The highest BCUT2D eigenvalue weighted by Crippen LogP contribution is 2.35. The third-order valence-electron chi connectivity index (χ3n) is 7.16. The monoisotopic (exact) mass is 531 g/mol. The van der Waals surface area contributed by atoms with Crippen molar-refractivity contribution in [2.45, 2.75) is 63.3 Å². The van der Waals surface area contributed by atoms with Crippen LogP contribution in [0.2, 0.25) is 0 Å². The van der Waals surface area contributed by atoms with E-state index in [1.807, 2.05) is 0 Å². The molecule has 2 fully saturated rings. The highest BCUT2D eigenvalue weighted by molar-refractivity contribution is 14.1. The Hall–Kier alpha value is -1.15. The van der Waals surface area contributed by atoms with E-state index >= 15 is 0 Å². The van der Waals surface area contributed by atoms with Crippen LogP contribution in [0.4, 0.5) is 0 Å². The standard InChI is InChI=1S/C26H34IN3O/c27-30-16-12-23(13-17-30)31-24-7-8-25-21(18-24)6-9-26(25)28-22-10-14-29(15-11-22)19-20-4-2-1-3-5-20/h1-5,7-8,18,22-23,26,28H,6,9-17,19H2. The van der Waals surface area contributed by atoms with Crippen LogP contribution in [0.1, 0.15) is 54.8 Å². The zero-order valence-corrected chi connectivity index (χ0v) is 20.5. The van der Waals surface area contributed by atoms with Crippen LogP contribution < -0.4 is 10.1 Å². The predicted octanol–water partition coefficient (Wildman–Crippen LogP) is 5.12. The first-order valence-corrected chi connectivity index (χ1v) is 12.9. The minimum atomic E-state index is 0.375. The van der Waals surface area contributed by atoms with Gasteiger partial charge in [0.2, 0.25) is 0 Å². The Morgan fingerprint density at radius 3 is 2.45 bits per heavy atom. The second-order valence-electron chi connectivity index (χ2n) is 9.38. The molecule has 1 aliphatic carbocycles. The summed E-state index contributed by atoms with van der Waals surface area (Å²) in [6.45, 7) is 5.72. The highest BCUT2D eigenvalue weighted by Gasteiger charge is 2.28. The summed E-state index contributed by atoms with van der Waals surface area (Å²) in [6.07, 6.45) is 7.52. The molecule has 3 aliphatic rings. The summed E-state index contributed by atoms with van der Waals surface area (Å²) in [5, 5.41) is 3.99. The van der Waals surface area contributed by atoms with Crippen molar-refractivity contribution in [1.29, 1.82) is 0 Å². The largest absolute Gasteiger partial charge is 0.490 e. The van der Waals surface area contributed by atoms with Gasteiger partial charge in [0.05, 0.1) is 0 Å². The molecule has 2 aliphatic heterocycles. The minimum Gasteiger partial charge on any atom is -0.490 e. The molecule has 1 unspecified atom stereocenters. The number of benzene rings is 2. The molecule has 5 heteroatoms. The Morgan fingerprint density at radius 2 is 1.68 bits per heavy atom. The fourth-order valence-corrected chi connectivity index (χ4v) is 5.92. The van der Waals surface area contributed by atoms with Crippen molar-refractivity contribution in [2.24, 2.45) is 0 Å². The molecular formula is C26H34IN3O. The zero-order chi connectivity index (χ0) is 21.0. The molecule has 2 aromatic rings. The van der Waals surface area contributed by atoms with E-state index in [0.717, 1.165) is 38.2 Å². The molecule has 166 valence electrons. The smallest absolute Gasteiger partial charge is 0.120 e. The number of halogens is 1. The van der Waals surface area contributed by atoms with Crippen LogP contribution in [0.5, 0.6) is 5.75 Å². The summed E-state index contributed by atoms with van der Waals surface area (Å²) in [4.78, 5) is 2.60. The van der Waals surface area contributed by atoms with Crippen molar-refractivity contribution in [3.63, 3.8) is 0 Å². The van der Waals surface area contributed by atoms with E-state index in [-0.39, 0.29) is 0 Å². The number of hydrogen-bond acceptors (Lipinski definition) is 4. The molecule has 0 amide bonds. The summed E-state index contributed by atoms with van der Waals surface area (Å²) in [6, 6.07) is 18.9. The SMILES string of the molecule is IN1CCC(Oc2ccc3c(c2)CCC3NC2CCN(Cc3ccccc3)CC2)CC1. The molecule has 2 aromatic carbocycles. The van der Waals surface area contributed by atoms with E-state index in [1.165, 1.54) is 55.5 Å². The summed E-state index contributed by atoms with van der Waals surface area (Å²) in [5.74, 6) is 1.07. The summed E-state index contributed by atoms with van der Waals surface area (Å²) in [5.41, 5.74) is 4.42. The first kappa shape index (κ1) is 21.7. The van der Waals surface area contributed by atoms with Crippen molar-refractivity contribution >= 4 is 22.9 Å². The third-order valence-corrected chi connectivity index (χ3v) is 8.12. The number of likely N-dealkylation sites (tertiary alicyclic amines) is 1. The molecule has 1 atom stereocenters. The lowest BCUT2D eigenvalue weighted by Gasteiger charge is -2.34. The number of piperidine rings is 2. The van der Waals surface area contributed by atoms with Crippen LogP contribution in [0.3, 0.4) is 0 Å². The number of fused-ring (bicyclic) bond motifs is 1. The number of ether oxygens (including phenoxy) is 1. The van der Waals surface area contributed by atoms with Crippen molar-refractivity contribution in [3.8, 4) is 5.75 Å². The number of aryl methyl sites for hydroxylation is 1. The lowest BCUT2D eigenvalue weighted by atomic mass is 10.0. The van der Waals surface area contributed by atoms with Gasteiger partial charge in [0.15, 0.2) is 0 Å². The van der Waals surface area contributed by atoms with Gasteiger partial charge in [0.25, 0.3) is 0 Å². The van der Waals surface area contributed by atoms with Crippen LogP contribution in [0.25, 0.3) is 0 Å². The Morgan fingerprint density at radius 1 is 0.903 bits per heavy atom. The summed E-state index contributed by atoms with van der Waals surface area (Å²) >= 11 is 2.42.